The Morgan fingerprint density at radius 1 is 1.31 bits per heavy atom. The minimum Gasteiger partial charge on any atom is -0.378 e. The normalized spacial score (nSPS) is 16.6. The third kappa shape index (κ3) is 6.33. The summed E-state index contributed by atoms with van der Waals surface area (Å²) in [6.45, 7) is 1.71. The van der Waals surface area contributed by atoms with Crippen molar-refractivity contribution in [2.45, 2.75) is 38.5 Å². The molecule has 1 amide bonds. The maximum atomic E-state index is 11.4. The molecule has 3 nitrogen and oxygen atoms in total. The van der Waals surface area contributed by atoms with E-state index in [4.69, 9.17) is 16.3 Å². The molecule has 0 aromatic carbocycles. The number of hydrogen-bond donors (Lipinski definition) is 1. The Morgan fingerprint density at radius 2 is 2.06 bits per heavy atom. The molecule has 0 aromatic rings. The molecule has 0 aliphatic heterocycles. The van der Waals surface area contributed by atoms with Gasteiger partial charge in [-0.2, -0.15) is 0 Å². The van der Waals surface area contributed by atoms with Gasteiger partial charge >= 0.3 is 0 Å². The van der Waals surface area contributed by atoms with Gasteiger partial charge in [0.25, 0.3) is 0 Å². The summed E-state index contributed by atoms with van der Waals surface area (Å²) in [5.74, 6) is 1.45. The second kappa shape index (κ2) is 8.82. The predicted molar refractivity (Wildman–Crippen MR) is 65.7 cm³/mol. The standard InChI is InChI=1S/C12H22ClNO2/c13-7-9-16-10-8-14-12(15)6-5-11-3-1-2-4-11/h11H,1-10H2,(H,14,15). The van der Waals surface area contributed by atoms with Crippen LogP contribution in [-0.2, 0) is 9.53 Å². The first-order valence-corrected chi connectivity index (χ1v) is 6.77. The molecule has 0 aromatic heterocycles. The first kappa shape index (κ1) is 13.8. The van der Waals surface area contributed by atoms with Crippen LogP contribution in [0.25, 0.3) is 0 Å². The molecule has 1 N–H and O–H groups in total. The minimum atomic E-state index is 0.154. The number of nitrogens with one attached hydrogen (secondary N) is 1. The van der Waals surface area contributed by atoms with E-state index in [1.807, 2.05) is 0 Å². The van der Waals surface area contributed by atoms with Gasteiger partial charge in [-0.15, -0.1) is 11.6 Å². The molecule has 16 heavy (non-hydrogen) atoms. The van der Waals surface area contributed by atoms with E-state index in [0.29, 0.717) is 32.1 Å². The van der Waals surface area contributed by atoms with Gasteiger partial charge in [0.05, 0.1) is 13.2 Å². The van der Waals surface area contributed by atoms with Crippen LogP contribution >= 0.6 is 11.6 Å². The van der Waals surface area contributed by atoms with E-state index in [9.17, 15) is 4.79 Å². The fourth-order valence-corrected chi connectivity index (χ4v) is 2.25. The monoisotopic (exact) mass is 247 g/mol. The lowest BCUT2D eigenvalue weighted by atomic mass is 10.0. The number of rotatable bonds is 8. The molecule has 1 aliphatic rings. The second-order valence-electron chi connectivity index (χ2n) is 4.34. The van der Waals surface area contributed by atoms with Crippen LogP contribution in [0.4, 0.5) is 0 Å². The van der Waals surface area contributed by atoms with Crippen LogP contribution in [0.1, 0.15) is 38.5 Å². The summed E-state index contributed by atoms with van der Waals surface area (Å²) in [6.07, 6.45) is 7.03. The molecule has 0 atom stereocenters. The zero-order valence-corrected chi connectivity index (χ0v) is 10.6. The van der Waals surface area contributed by atoms with Crippen LogP contribution in [0.3, 0.4) is 0 Å². The molecule has 0 bridgehead atoms. The van der Waals surface area contributed by atoms with E-state index in [2.05, 4.69) is 5.32 Å². The average Bonchev–Trinajstić information content (AvgIpc) is 2.79. The molecule has 94 valence electrons. The Morgan fingerprint density at radius 3 is 2.75 bits per heavy atom. The van der Waals surface area contributed by atoms with Gasteiger partial charge in [0.2, 0.25) is 5.91 Å². The number of carbonyl (C=O) groups is 1. The summed E-state index contributed by atoms with van der Waals surface area (Å²) in [7, 11) is 0. The summed E-state index contributed by atoms with van der Waals surface area (Å²) in [5.41, 5.74) is 0. The van der Waals surface area contributed by atoms with E-state index in [1.165, 1.54) is 25.7 Å². The molecule has 0 radical (unpaired) electrons. The smallest absolute Gasteiger partial charge is 0.220 e. The molecule has 1 rings (SSSR count). The molecule has 0 unspecified atom stereocenters. The van der Waals surface area contributed by atoms with Crippen LogP contribution in [-0.4, -0.2) is 31.5 Å². The predicted octanol–water partition coefficient (Wildman–Crippen LogP) is 2.33. The highest BCUT2D eigenvalue weighted by atomic mass is 35.5. The van der Waals surface area contributed by atoms with Crippen molar-refractivity contribution in [1.82, 2.24) is 5.32 Å². The van der Waals surface area contributed by atoms with Gasteiger partial charge in [0.1, 0.15) is 0 Å². The Labute approximate surface area is 103 Å². The number of halogens is 1. The van der Waals surface area contributed by atoms with Gasteiger partial charge in [-0.25, -0.2) is 0 Å². The molecular weight excluding hydrogens is 226 g/mol. The van der Waals surface area contributed by atoms with E-state index in [0.717, 1.165) is 12.3 Å². The number of ether oxygens (including phenoxy) is 1. The quantitative estimate of drug-likeness (QED) is 0.528. The van der Waals surface area contributed by atoms with Crippen LogP contribution in [0.5, 0.6) is 0 Å². The van der Waals surface area contributed by atoms with Crippen molar-refractivity contribution in [3.05, 3.63) is 0 Å². The summed E-state index contributed by atoms with van der Waals surface area (Å²) in [5, 5.41) is 2.86. The average molecular weight is 248 g/mol. The van der Waals surface area contributed by atoms with Crippen molar-refractivity contribution in [3.63, 3.8) is 0 Å². The number of amides is 1. The largest absolute Gasteiger partial charge is 0.378 e. The Balaban J connectivity index is 1.90. The molecule has 0 saturated heterocycles. The third-order valence-corrected chi connectivity index (χ3v) is 3.20. The first-order valence-electron chi connectivity index (χ1n) is 6.23. The van der Waals surface area contributed by atoms with Crippen LogP contribution in [0, 0.1) is 5.92 Å². The number of alkyl halides is 1. The Hall–Kier alpha value is -0.280. The molecule has 0 spiro atoms. The Kier molecular flexibility index (Phi) is 7.60. The van der Waals surface area contributed by atoms with Crippen LogP contribution in [0.15, 0.2) is 0 Å². The molecule has 1 fully saturated rings. The molecule has 1 saturated carbocycles. The Bertz CT molecular complexity index is 193. The van der Waals surface area contributed by atoms with Crippen molar-refractivity contribution in [2.75, 3.05) is 25.6 Å². The second-order valence-corrected chi connectivity index (χ2v) is 4.72. The van der Waals surface area contributed by atoms with E-state index in [-0.39, 0.29) is 5.91 Å². The third-order valence-electron chi connectivity index (χ3n) is 3.04. The summed E-state index contributed by atoms with van der Waals surface area (Å²) < 4.78 is 5.16. The first-order chi connectivity index (χ1) is 7.83. The van der Waals surface area contributed by atoms with Gasteiger partial charge in [-0.1, -0.05) is 25.7 Å². The highest BCUT2D eigenvalue weighted by Gasteiger charge is 2.15. The maximum absolute atomic E-state index is 11.4. The molecular formula is C12H22ClNO2. The van der Waals surface area contributed by atoms with Crippen molar-refractivity contribution in [1.29, 1.82) is 0 Å². The van der Waals surface area contributed by atoms with Crippen molar-refractivity contribution < 1.29 is 9.53 Å². The van der Waals surface area contributed by atoms with Crippen LogP contribution in [0.2, 0.25) is 0 Å². The number of carbonyl (C=O) groups excluding carboxylic acids is 1. The van der Waals surface area contributed by atoms with Crippen molar-refractivity contribution in [2.24, 2.45) is 5.92 Å². The van der Waals surface area contributed by atoms with Gasteiger partial charge < -0.3 is 10.1 Å². The van der Waals surface area contributed by atoms with Gasteiger partial charge in [0, 0.05) is 18.8 Å². The topological polar surface area (TPSA) is 38.3 Å². The van der Waals surface area contributed by atoms with Crippen molar-refractivity contribution >= 4 is 17.5 Å². The summed E-state index contributed by atoms with van der Waals surface area (Å²) in [6, 6.07) is 0. The lowest BCUT2D eigenvalue weighted by Gasteiger charge is -2.09. The lowest BCUT2D eigenvalue weighted by molar-refractivity contribution is -0.121. The van der Waals surface area contributed by atoms with E-state index in [1.54, 1.807) is 0 Å². The number of hydrogen-bond acceptors (Lipinski definition) is 2. The summed E-state index contributed by atoms with van der Waals surface area (Å²) in [4.78, 5) is 11.4. The lowest BCUT2D eigenvalue weighted by Crippen LogP contribution is -2.27. The van der Waals surface area contributed by atoms with Crippen LogP contribution < -0.4 is 5.32 Å². The van der Waals surface area contributed by atoms with E-state index >= 15 is 0 Å². The molecule has 0 heterocycles. The fraction of sp³-hybridized carbons (Fsp3) is 0.917. The van der Waals surface area contributed by atoms with Gasteiger partial charge in [-0.05, 0) is 12.3 Å². The van der Waals surface area contributed by atoms with Gasteiger partial charge in [0.15, 0.2) is 0 Å². The van der Waals surface area contributed by atoms with Gasteiger partial charge in [-0.3, -0.25) is 4.79 Å². The molecule has 4 heteroatoms. The van der Waals surface area contributed by atoms with E-state index < -0.39 is 0 Å². The maximum Gasteiger partial charge on any atom is 0.220 e. The highest BCUT2D eigenvalue weighted by Crippen LogP contribution is 2.28. The zero-order chi connectivity index (χ0) is 11.6. The fourth-order valence-electron chi connectivity index (χ4n) is 2.14. The SMILES string of the molecule is O=C(CCC1CCCC1)NCCOCCCl. The zero-order valence-electron chi connectivity index (χ0n) is 9.84. The van der Waals surface area contributed by atoms with Crippen molar-refractivity contribution in [3.8, 4) is 0 Å². The minimum absolute atomic E-state index is 0.154. The summed E-state index contributed by atoms with van der Waals surface area (Å²) >= 11 is 5.45. The highest BCUT2D eigenvalue weighted by molar-refractivity contribution is 6.17. The molecule has 1 aliphatic carbocycles.